The van der Waals surface area contributed by atoms with E-state index in [1.54, 1.807) is 6.92 Å². The molecule has 4 rings (SSSR count). The van der Waals surface area contributed by atoms with Crippen LogP contribution < -0.4 is 5.32 Å². The molecule has 1 amide bonds. The number of hydrogen-bond acceptors (Lipinski definition) is 4. The van der Waals surface area contributed by atoms with E-state index in [1.807, 2.05) is 19.9 Å². The lowest BCUT2D eigenvalue weighted by molar-refractivity contribution is -0.116. The first-order valence-corrected chi connectivity index (χ1v) is 8.50. The quantitative estimate of drug-likeness (QED) is 0.752. The number of aromatic nitrogens is 4. The number of halogens is 2. The normalized spacial score (nSPS) is 16.2. The first-order valence-electron chi connectivity index (χ1n) is 8.50. The standard InChI is InChI=1S/C19H17F2N5O/c1-9-6-10(2)23-19(22-9)26-18-17(11(3)25-26)14(8-16(27)24-18)13-7-12(20)4-5-15(13)21/h4-7,14H,8H2,1-3H3,(H,24,27)/t14-/m1/s1. The number of rotatable bonds is 2. The summed E-state index contributed by atoms with van der Waals surface area (Å²) in [5, 5.41) is 7.25. The number of carbonyl (C=O) groups excluding carboxylic acids is 1. The van der Waals surface area contributed by atoms with Gasteiger partial charge in [-0.2, -0.15) is 9.78 Å². The van der Waals surface area contributed by atoms with Gasteiger partial charge in [0.05, 0.1) is 5.69 Å². The monoisotopic (exact) mass is 369 g/mol. The predicted molar refractivity (Wildman–Crippen MR) is 94.8 cm³/mol. The highest BCUT2D eigenvalue weighted by Crippen LogP contribution is 2.40. The number of aryl methyl sites for hydroxylation is 3. The Morgan fingerprint density at radius 2 is 1.81 bits per heavy atom. The van der Waals surface area contributed by atoms with Crippen LogP contribution in [0.25, 0.3) is 5.95 Å². The second-order valence-corrected chi connectivity index (χ2v) is 6.68. The zero-order valence-corrected chi connectivity index (χ0v) is 15.0. The summed E-state index contributed by atoms with van der Waals surface area (Å²) in [5.74, 6) is -1.34. The number of hydrogen-bond donors (Lipinski definition) is 1. The highest BCUT2D eigenvalue weighted by Gasteiger charge is 2.34. The van der Waals surface area contributed by atoms with Crippen LogP contribution in [0.5, 0.6) is 0 Å². The largest absolute Gasteiger partial charge is 0.310 e. The van der Waals surface area contributed by atoms with E-state index in [0.717, 1.165) is 29.6 Å². The van der Waals surface area contributed by atoms with E-state index in [0.29, 0.717) is 23.0 Å². The van der Waals surface area contributed by atoms with E-state index >= 15 is 0 Å². The molecule has 27 heavy (non-hydrogen) atoms. The Morgan fingerprint density at radius 1 is 1.11 bits per heavy atom. The van der Waals surface area contributed by atoms with E-state index in [-0.39, 0.29) is 17.9 Å². The predicted octanol–water partition coefficient (Wildman–Crippen LogP) is 3.34. The Bertz CT molecular complexity index is 1060. The molecule has 0 saturated heterocycles. The van der Waals surface area contributed by atoms with Crippen LogP contribution in [0.3, 0.4) is 0 Å². The Morgan fingerprint density at radius 3 is 2.52 bits per heavy atom. The maximum atomic E-state index is 14.4. The molecule has 1 N–H and O–H groups in total. The number of nitrogens with one attached hydrogen (secondary N) is 1. The Balaban J connectivity index is 1.92. The minimum atomic E-state index is -0.635. The average Bonchev–Trinajstić information content (AvgIpc) is 2.92. The summed E-state index contributed by atoms with van der Waals surface area (Å²) in [6.45, 7) is 5.44. The van der Waals surface area contributed by atoms with Gasteiger partial charge in [-0.05, 0) is 50.6 Å². The number of fused-ring (bicyclic) bond motifs is 1. The number of amides is 1. The van der Waals surface area contributed by atoms with Crippen LogP contribution in [0.1, 0.15) is 40.5 Å². The van der Waals surface area contributed by atoms with Crippen molar-refractivity contribution in [3.63, 3.8) is 0 Å². The van der Waals surface area contributed by atoms with Gasteiger partial charge in [0.1, 0.15) is 17.5 Å². The second-order valence-electron chi connectivity index (χ2n) is 6.68. The van der Waals surface area contributed by atoms with Crippen LogP contribution in [0.2, 0.25) is 0 Å². The summed E-state index contributed by atoms with van der Waals surface area (Å²) in [5.41, 5.74) is 2.89. The summed E-state index contributed by atoms with van der Waals surface area (Å²) >= 11 is 0. The molecule has 3 aromatic rings. The zero-order valence-electron chi connectivity index (χ0n) is 15.0. The lowest BCUT2D eigenvalue weighted by atomic mass is 9.85. The molecule has 6 nitrogen and oxygen atoms in total. The van der Waals surface area contributed by atoms with Gasteiger partial charge in [0.2, 0.25) is 5.91 Å². The van der Waals surface area contributed by atoms with E-state index in [2.05, 4.69) is 20.4 Å². The number of benzene rings is 1. The molecule has 3 heterocycles. The van der Waals surface area contributed by atoms with Crippen LogP contribution in [0, 0.1) is 32.4 Å². The van der Waals surface area contributed by atoms with Gasteiger partial charge >= 0.3 is 0 Å². The molecule has 0 radical (unpaired) electrons. The number of nitrogens with zero attached hydrogens (tertiary/aromatic N) is 4. The summed E-state index contributed by atoms with van der Waals surface area (Å²) in [7, 11) is 0. The minimum Gasteiger partial charge on any atom is -0.310 e. The van der Waals surface area contributed by atoms with Crippen molar-refractivity contribution >= 4 is 11.7 Å². The van der Waals surface area contributed by atoms with Gasteiger partial charge < -0.3 is 5.32 Å². The lowest BCUT2D eigenvalue weighted by Gasteiger charge is -2.24. The van der Waals surface area contributed by atoms with Crippen molar-refractivity contribution in [2.24, 2.45) is 0 Å². The fourth-order valence-corrected chi connectivity index (χ4v) is 3.54. The molecule has 0 saturated carbocycles. The third kappa shape index (κ3) is 2.97. The molecular formula is C19H17F2N5O. The average molecular weight is 369 g/mol. The van der Waals surface area contributed by atoms with Crippen LogP contribution in [-0.4, -0.2) is 25.7 Å². The van der Waals surface area contributed by atoms with Gasteiger partial charge in [0.25, 0.3) is 5.95 Å². The second kappa shape index (κ2) is 6.22. The molecule has 2 aromatic heterocycles. The van der Waals surface area contributed by atoms with Gasteiger partial charge in [0, 0.05) is 29.3 Å². The van der Waals surface area contributed by atoms with Gasteiger partial charge in [-0.1, -0.05) is 0 Å². The van der Waals surface area contributed by atoms with Gasteiger partial charge in [-0.3, -0.25) is 4.79 Å². The molecular weight excluding hydrogens is 352 g/mol. The van der Waals surface area contributed by atoms with Crippen molar-refractivity contribution in [2.75, 3.05) is 5.32 Å². The summed E-state index contributed by atoms with van der Waals surface area (Å²) in [4.78, 5) is 21.1. The molecule has 0 fully saturated rings. The third-order valence-corrected chi connectivity index (χ3v) is 4.60. The van der Waals surface area contributed by atoms with E-state index in [1.165, 1.54) is 4.68 Å². The molecule has 8 heteroatoms. The van der Waals surface area contributed by atoms with Gasteiger partial charge in [-0.25, -0.2) is 18.7 Å². The molecule has 1 aliphatic rings. The Hall–Kier alpha value is -3.16. The van der Waals surface area contributed by atoms with Crippen LogP contribution in [0.15, 0.2) is 24.3 Å². The maximum Gasteiger partial charge on any atom is 0.252 e. The molecule has 0 spiro atoms. The van der Waals surface area contributed by atoms with Crippen molar-refractivity contribution in [1.82, 2.24) is 19.7 Å². The van der Waals surface area contributed by atoms with Gasteiger partial charge in [0.15, 0.2) is 0 Å². The molecule has 1 aromatic carbocycles. The molecule has 138 valence electrons. The Kier molecular flexibility index (Phi) is 3.98. The molecule has 0 bridgehead atoms. The first-order chi connectivity index (χ1) is 12.8. The summed E-state index contributed by atoms with van der Waals surface area (Å²) < 4.78 is 29.6. The van der Waals surface area contributed by atoms with Crippen LogP contribution in [0.4, 0.5) is 14.6 Å². The topological polar surface area (TPSA) is 72.7 Å². The van der Waals surface area contributed by atoms with E-state index in [4.69, 9.17) is 0 Å². The van der Waals surface area contributed by atoms with Crippen molar-refractivity contribution in [3.8, 4) is 5.95 Å². The maximum absolute atomic E-state index is 14.4. The molecule has 0 aliphatic carbocycles. The summed E-state index contributed by atoms with van der Waals surface area (Å²) in [6, 6.07) is 5.09. The SMILES string of the molecule is Cc1cc(C)nc(-n2nc(C)c3c2NC(=O)C[C@@H]3c2cc(F)ccc2F)n1. The third-order valence-electron chi connectivity index (χ3n) is 4.60. The minimum absolute atomic E-state index is 0.00755. The van der Waals surface area contributed by atoms with Crippen molar-refractivity contribution in [3.05, 3.63) is 64.1 Å². The summed E-state index contributed by atoms with van der Waals surface area (Å²) in [6.07, 6.45) is 0.00755. The number of carbonyl (C=O) groups is 1. The van der Waals surface area contributed by atoms with E-state index in [9.17, 15) is 13.6 Å². The van der Waals surface area contributed by atoms with Crippen molar-refractivity contribution < 1.29 is 13.6 Å². The fraction of sp³-hybridized carbons (Fsp3) is 0.263. The van der Waals surface area contributed by atoms with Gasteiger partial charge in [-0.15, -0.1) is 0 Å². The van der Waals surface area contributed by atoms with E-state index < -0.39 is 17.6 Å². The first kappa shape index (κ1) is 17.3. The highest BCUT2D eigenvalue weighted by atomic mass is 19.1. The lowest BCUT2D eigenvalue weighted by Crippen LogP contribution is -2.25. The molecule has 1 aliphatic heterocycles. The molecule has 0 unspecified atom stereocenters. The highest BCUT2D eigenvalue weighted by molar-refractivity contribution is 5.95. The zero-order chi connectivity index (χ0) is 19.3. The van der Waals surface area contributed by atoms with Crippen LogP contribution >= 0.6 is 0 Å². The van der Waals surface area contributed by atoms with Crippen LogP contribution in [-0.2, 0) is 4.79 Å². The Labute approximate surface area is 154 Å². The van der Waals surface area contributed by atoms with Crippen molar-refractivity contribution in [1.29, 1.82) is 0 Å². The van der Waals surface area contributed by atoms with Crippen molar-refractivity contribution in [2.45, 2.75) is 33.1 Å². The fourth-order valence-electron chi connectivity index (χ4n) is 3.54. The smallest absolute Gasteiger partial charge is 0.252 e. The number of anilines is 1. The molecule has 1 atom stereocenters.